The molecule has 0 fully saturated rings. The fraction of sp³-hybridized carbons (Fsp3) is 0.200. The van der Waals surface area contributed by atoms with Gasteiger partial charge in [-0.05, 0) is 19.2 Å². The van der Waals surface area contributed by atoms with Crippen molar-refractivity contribution in [3.05, 3.63) is 24.4 Å². The topological polar surface area (TPSA) is 26.0 Å². The summed E-state index contributed by atoms with van der Waals surface area (Å²) in [5, 5.41) is 0. The van der Waals surface area contributed by atoms with Crippen LogP contribution in [0.1, 0.15) is 6.92 Å². The highest BCUT2D eigenvalue weighted by molar-refractivity contribution is 4.98. The summed E-state index contributed by atoms with van der Waals surface area (Å²) in [6.07, 6.45) is 7.07. The Bertz CT molecular complexity index is 52.3. The summed E-state index contributed by atoms with van der Waals surface area (Å²) in [5.41, 5.74) is 4.98. The Kier molecular flexibility index (Phi) is 3.77. The van der Waals surface area contributed by atoms with Crippen LogP contribution in [0.2, 0.25) is 0 Å². The van der Waals surface area contributed by atoms with Gasteiger partial charge >= 0.3 is 0 Å². The molecule has 2 N–H and O–H groups in total. The highest BCUT2D eigenvalue weighted by Gasteiger charge is 1.48. The van der Waals surface area contributed by atoms with E-state index in [0.29, 0.717) is 0 Å². The maximum absolute atomic E-state index is 4.98. The predicted octanol–water partition coefficient (Wildman–Crippen LogP) is 1.03. The first-order valence-electron chi connectivity index (χ1n) is 1.91. The third kappa shape index (κ3) is 3.28. The molecule has 0 spiro atoms. The number of hydrogen-bond acceptors (Lipinski definition) is 1. The Hall–Kier alpha value is -0.720. The van der Waals surface area contributed by atoms with Crippen LogP contribution in [0, 0.1) is 0 Å². The summed E-state index contributed by atoms with van der Waals surface area (Å²) < 4.78 is 0. The molecule has 0 bridgehead atoms. The van der Waals surface area contributed by atoms with E-state index >= 15 is 0 Å². The third-order valence-corrected chi connectivity index (χ3v) is 0.415. The van der Waals surface area contributed by atoms with Gasteiger partial charge in [0.15, 0.2) is 0 Å². The van der Waals surface area contributed by atoms with E-state index in [1.54, 1.807) is 6.08 Å². The maximum Gasteiger partial charge on any atom is -0.00625 e. The molecule has 0 aromatic carbocycles. The monoisotopic (exact) mass is 83.1 g/mol. The van der Waals surface area contributed by atoms with E-state index in [0.717, 1.165) is 0 Å². The zero-order valence-electron chi connectivity index (χ0n) is 3.89. The average Bonchev–Trinajstić information content (AvgIpc) is 1.61. The maximum atomic E-state index is 4.98. The van der Waals surface area contributed by atoms with Crippen molar-refractivity contribution in [2.75, 3.05) is 0 Å². The van der Waals surface area contributed by atoms with Crippen molar-refractivity contribution >= 4 is 0 Å². The minimum absolute atomic E-state index is 1.50. The minimum Gasteiger partial charge on any atom is -0.405 e. The summed E-state index contributed by atoms with van der Waals surface area (Å²) in [7, 11) is 0. The molecular formula is C5H9N. The molecule has 0 aromatic rings. The van der Waals surface area contributed by atoms with Crippen LogP contribution < -0.4 is 5.73 Å². The molecule has 0 aliphatic carbocycles. The van der Waals surface area contributed by atoms with Gasteiger partial charge in [0.2, 0.25) is 0 Å². The Balaban J connectivity index is 3.07. The second kappa shape index (κ2) is 4.28. The summed E-state index contributed by atoms with van der Waals surface area (Å²) in [4.78, 5) is 0. The van der Waals surface area contributed by atoms with E-state index in [9.17, 15) is 0 Å². The minimum atomic E-state index is 1.50. The molecule has 0 saturated carbocycles. The first-order chi connectivity index (χ1) is 2.91. The molecule has 0 atom stereocenters. The molecular weight excluding hydrogens is 74.1 g/mol. The van der Waals surface area contributed by atoms with Crippen molar-refractivity contribution in [1.82, 2.24) is 0 Å². The van der Waals surface area contributed by atoms with Crippen LogP contribution >= 0.6 is 0 Å². The molecule has 0 unspecified atom stereocenters. The quantitative estimate of drug-likeness (QED) is 0.471. The van der Waals surface area contributed by atoms with Gasteiger partial charge in [-0.3, -0.25) is 0 Å². The zero-order valence-corrected chi connectivity index (χ0v) is 3.89. The Morgan fingerprint density at radius 2 is 2.00 bits per heavy atom. The number of rotatable bonds is 1. The van der Waals surface area contributed by atoms with Crippen LogP contribution in [0.3, 0.4) is 0 Å². The molecule has 0 radical (unpaired) electrons. The molecule has 1 nitrogen and oxygen atoms in total. The molecule has 6 heavy (non-hydrogen) atoms. The Morgan fingerprint density at radius 1 is 1.33 bits per heavy atom. The largest absolute Gasteiger partial charge is 0.405 e. The number of allylic oxidation sites excluding steroid dienone is 3. The molecule has 1 heteroatoms. The first-order valence-corrected chi connectivity index (χ1v) is 1.91. The lowest BCUT2D eigenvalue weighted by Gasteiger charge is -1.63. The fourth-order valence-electron chi connectivity index (χ4n) is 0.175. The van der Waals surface area contributed by atoms with Crippen molar-refractivity contribution in [1.29, 1.82) is 0 Å². The van der Waals surface area contributed by atoms with Crippen LogP contribution in [-0.4, -0.2) is 0 Å². The summed E-state index contributed by atoms with van der Waals surface area (Å²) >= 11 is 0. The van der Waals surface area contributed by atoms with Crippen LogP contribution in [0.5, 0.6) is 0 Å². The molecule has 34 valence electrons. The van der Waals surface area contributed by atoms with E-state index in [2.05, 4.69) is 0 Å². The summed E-state index contributed by atoms with van der Waals surface area (Å²) in [6, 6.07) is 0. The Morgan fingerprint density at radius 3 is 2.17 bits per heavy atom. The van der Waals surface area contributed by atoms with Gasteiger partial charge in [0.05, 0.1) is 0 Å². The summed E-state index contributed by atoms with van der Waals surface area (Å²) in [6.45, 7) is 1.94. The first kappa shape index (κ1) is 5.28. The van der Waals surface area contributed by atoms with Crippen LogP contribution in [0.25, 0.3) is 0 Å². The van der Waals surface area contributed by atoms with Crippen LogP contribution in [0.4, 0.5) is 0 Å². The normalized spacial score (nSPS) is 11.5. The smallest absolute Gasteiger partial charge is 0.00625 e. The fourth-order valence-corrected chi connectivity index (χ4v) is 0.175. The Labute approximate surface area is 38.2 Å². The average molecular weight is 83.1 g/mol. The van der Waals surface area contributed by atoms with E-state index in [1.807, 2.05) is 19.1 Å². The van der Waals surface area contributed by atoms with Gasteiger partial charge < -0.3 is 5.73 Å². The van der Waals surface area contributed by atoms with Gasteiger partial charge in [-0.25, -0.2) is 0 Å². The van der Waals surface area contributed by atoms with Crippen molar-refractivity contribution in [2.45, 2.75) is 6.92 Å². The second-order valence-electron chi connectivity index (χ2n) is 0.911. The highest BCUT2D eigenvalue weighted by Crippen LogP contribution is 1.67. The summed E-state index contributed by atoms with van der Waals surface area (Å²) in [5.74, 6) is 0. The molecule has 0 saturated heterocycles. The molecule has 0 aliphatic heterocycles. The van der Waals surface area contributed by atoms with Crippen LogP contribution in [0.15, 0.2) is 24.4 Å². The zero-order chi connectivity index (χ0) is 4.83. The van der Waals surface area contributed by atoms with Gasteiger partial charge in [-0.2, -0.15) is 0 Å². The lowest BCUT2D eigenvalue weighted by Crippen LogP contribution is -1.71. The molecule has 0 amide bonds. The SMILES string of the molecule is C/C=C\C=CN. The molecule has 0 rings (SSSR count). The molecule has 0 aliphatic rings. The van der Waals surface area contributed by atoms with Gasteiger partial charge in [0.1, 0.15) is 0 Å². The second-order valence-corrected chi connectivity index (χ2v) is 0.911. The predicted molar refractivity (Wildman–Crippen MR) is 28.1 cm³/mol. The van der Waals surface area contributed by atoms with E-state index < -0.39 is 0 Å². The van der Waals surface area contributed by atoms with Crippen molar-refractivity contribution in [3.63, 3.8) is 0 Å². The van der Waals surface area contributed by atoms with Gasteiger partial charge in [0.25, 0.3) is 0 Å². The van der Waals surface area contributed by atoms with Crippen molar-refractivity contribution in [2.24, 2.45) is 5.73 Å². The standard InChI is InChI=1S/C5H9N/c1-2-3-4-5-6/h2-5H,6H2,1H3/b3-2-,5-4?. The van der Waals surface area contributed by atoms with Crippen LogP contribution in [-0.2, 0) is 0 Å². The lowest BCUT2D eigenvalue weighted by molar-refractivity contribution is 1.59. The molecule has 0 heterocycles. The third-order valence-electron chi connectivity index (χ3n) is 0.415. The van der Waals surface area contributed by atoms with E-state index in [4.69, 9.17) is 5.73 Å². The van der Waals surface area contributed by atoms with Crippen molar-refractivity contribution < 1.29 is 0 Å². The van der Waals surface area contributed by atoms with Gasteiger partial charge in [-0.15, -0.1) is 0 Å². The van der Waals surface area contributed by atoms with Gasteiger partial charge in [0, 0.05) is 0 Å². The number of hydrogen-bond donors (Lipinski definition) is 1. The van der Waals surface area contributed by atoms with E-state index in [1.165, 1.54) is 6.20 Å². The van der Waals surface area contributed by atoms with Crippen molar-refractivity contribution in [3.8, 4) is 0 Å². The number of nitrogens with two attached hydrogens (primary N) is 1. The highest BCUT2D eigenvalue weighted by atomic mass is 14.5. The molecule has 0 aromatic heterocycles. The lowest BCUT2D eigenvalue weighted by atomic mass is 10.5. The van der Waals surface area contributed by atoms with E-state index in [-0.39, 0.29) is 0 Å². The van der Waals surface area contributed by atoms with Gasteiger partial charge in [-0.1, -0.05) is 12.2 Å².